The lowest BCUT2D eigenvalue weighted by molar-refractivity contribution is 0.174. The molecule has 0 amide bonds. The molecule has 3 aliphatic heterocycles. The predicted octanol–water partition coefficient (Wildman–Crippen LogP) is 2.05. The maximum Gasteiger partial charge on any atom is 0.231 e. The van der Waals surface area contributed by atoms with Gasteiger partial charge in [-0.05, 0) is 24.1 Å². The molecular weight excluding hydrogens is 358 g/mol. The zero-order chi connectivity index (χ0) is 18.7. The van der Waals surface area contributed by atoms with Crippen molar-refractivity contribution in [3.8, 4) is 22.6 Å². The average Bonchev–Trinajstić information content (AvgIpc) is 3.10. The first-order valence-corrected chi connectivity index (χ1v) is 9.61. The van der Waals surface area contributed by atoms with Crippen LogP contribution in [0.4, 0.5) is 5.82 Å². The van der Waals surface area contributed by atoms with Gasteiger partial charge in [0, 0.05) is 37.4 Å². The molecule has 0 saturated carbocycles. The molecule has 8 heteroatoms. The van der Waals surface area contributed by atoms with Gasteiger partial charge in [0.1, 0.15) is 17.8 Å². The lowest BCUT2D eigenvalue weighted by Crippen LogP contribution is -2.25. The molecule has 0 radical (unpaired) electrons. The minimum Gasteiger partial charge on any atom is -0.454 e. The Kier molecular flexibility index (Phi) is 3.51. The molecule has 3 aromatic rings. The molecule has 2 aromatic heterocycles. The number of anilines is 1. The molecule has 3 aliphatic rings. The number of epoxide rings is 1. The van der Waals surface area contributed by atoms with E-state index in [1.54, 1.807) is 6.33 Å². The minimum atomic E-state index is 0.258. The highest BCUT2D eigenvalue weighted by Crippen LogP contribution is 2.40. The van der Waals surface area contributed by atoms with Gasteiger partial charge in [-0.3, -0.25) is 4.90 Å². The van der Waals surface area contributed by atoms with Crippen molar-refractivity contribution < 1.29 is 14.2 Å². The van der Waals surface area contributed by atoms with E-state index in [9.17, 15) is 0 Å². The fourth-order valence-electron chi connectivity index (χ4n) is 4.34. The number of nitrogen functional groups attached to an aromatic ring is 1. The molecule has 6 rings (SSSR count). The summed E-state index contributed by atoms with van der Waals surface area (Å²) in [6.45, 7) is 4.24. The van der Waals surface area contributed by atoms with Crippen LogP contribution in [0, 0.1) is 0 Å². The third-order valence-electron chi connectivity index (χ3n) is 5.83. The van der Waals surface area contributed by atoms with Crippen molar-refractivity contribution in [1.29, 1.82) is 0 Å². The summed E-state index contributed by atoms with van der Waals surface area (Å²) in [5, 5.41) is 0.894. The van der Waals surface area contributed by atoms with Crippen LogP contribution in [0.3, 0.4) is 0 Å². The van der Waals surface area contributed by atoms with E-state index >= 15 is 0 Å². The zero-order valence-corrected chi connectivity index (χ0v) is 15.4. The Morgan fingerprint density at radius 3 is 2.96 bits per heavy atom. The summed E-state index contributed by atoms with van der Waals surface area (Å²) in [5.74, 6) is 2.02. The van der Waals surface area contributed by atoms with Crippen molar-refractivity contribution in [1.82, 2.24) is 19.4 Å². The second-order valence-electron chi connectivity index (χ2n) is 7.63. The van der Waals surface area contributed by atoms with E-state index in [-0.39, 0.29) is 6.79 Å². The van der Waals surface area contributed by atoms with Crippen molar-refractivity contribution in [3.05, 3.63) is 30.7 Å². The highest BCUT2D eigenvalue weighted by molar-refractivity contribution is 6.01. The number of rotatable bonds is 4. The van der Waals surface area contributed by atoms with Gasteiger partial charge in [-0.1, -0.05) is 6.07 Å². The summed E-state index contributed by atoms with van der Waals surface area (Å²) >= 11 is 0. The topological polar surface area (TPSA) is 91.0 Å². The van der Waals surface area contributed by atoms with Gasteiger partial charge in [-0.2, -0.15) is 0 Å². The summed E-state index contributed by atoms with van der Waals surface area (Å²) in [6, 6.07) is 6.33. The Morgan fingerprint density at radius 2 is 2.07 bits per heavy atom. The normalized spacial score (nSPS) is 23.6. The highest BCUT2D eigenvalue weighted by atomic mass is 16.7. The largest absolute Gasteiger partial charge is 0.454 e. The van der Waals surface area contributed by atoms with Gasteiger partial charge in [0.25, 0.3) is 0 Å². The van der Waals surface area contributed by atoms with Gasteiger partial charge >= 0.3 is 0 Å². The van der Waals surface area contributed by atoms with Crippen molar-refractivity contribution in [2.75, 3.05) is 38.8 Å². The Morgan fingerprint density at radius 1 is 1.18 bits per heavy atom. The minimum absolute atomic E-state index is 0.258. The Labute approximate surface area is 161 Å². The van der Waals surface area contributed by atoms with Gasteiger partial charge in [-0.15, -0.1) is 0 Å². The molecule has 1 aromatic carbocycles. The highest BCUT2D eigenvalue weighted by Gasteiger charge is 2.32. The first kappa shape index (κ1) is 16.1. The van der Waals surface area contributed by atoms with Crippen LogP contribution in [0.15, 0.2) is 30.7 Å². The smallest absolute Gasteiger partial charge is 0.231 e. The number of nitrogens with zero attached hydrogens (tertiary/aromatic N) is 4. The second kappa shape index (κ2) is 6.08. The molecule has 5 heterocycles. The van der Waals surface area contributed by atoms with Gasteiger partial charge in [-0.25, -0.2) is 9.97 Å². The fraction of sp³-hybridized carbons (Fsp3) is 0.400. The first-order valence-electron chi connectivity index (χ1n) is 9.61. The third kappa shape index (κ3) is 2.60. The molecule has 2 N–H and O–H groups in total. The van der Waals surface area contributed by atoms with E-state index in [1.807, 2.05) is 18.2 Å². The number of aromatic nitrogens is 3. The van der Waals surface area contributed by atoms with E-state index in [0.29, 0.717) is 18.0 Å². The van der Waals surface area contributed by atoms with Crippen LogP contribution in [-0.2, 0) is 4.74 Å². The summed E-state index contributed by atoms with van der Waals surface area (Å²) < 4.78 is 18.7. The van der Waals surface area contributed by atoms with Gasteiger partial charge in [0.05, 0.1) is 18.1 Å². The Bertz CT molecular complexity index is 1060. The maximum atomic E-state index is 6.27. The molecule has 2 atom stereocenters. The number of fused-ring (bicyclic) bond motifs is 2. The predicted molar refractivity (Wildman–Crippen MR) is 103 cm³/mol. The summed E-state index contributed by atoms with van der Waals surface area (Å²) in [6.07, 6.45) is 5.21. The quantitative estimate of drug-likeness (QED) is 0.694. The van der Waals surface area contributed by atoms with E-state index < -0.39 is 0 Å². The molecule has 8 nitrogen and oxygen atoms in total. The van der Waals surface area contributed by atoms with Crippen LogP contribution in [0.1, 0.15) is 12.5 Å². The summed E-state index contributed by atoms with van der Waals surface area (Å²) in [7, 11) is 0. The van der Waals surface area contributed by atoms with Crippen molar-refractivity contribution in [3.63, 3.8) is 0 Å². The van der Waals surface area contributed by atoms with E-state index in [1.165, 1.54) is 0 Å². The zero-order valence-electron chi connectivity index (χ0n) is 15.4. The Balaban J connectivity index is 1.42. The van der Waals surface area contributed by atoms with E-state index in [4.69, 9.17) is 19.9 Å². The standard InChI is InChI=1S/C20H21N5O3/c21-19-18-15(12-1-2-16-17(5-12)28-11-27-16)8-25(20(18)23-10-22-19)13-3-4-24(6-13)7-14-9-26-14/h1-2,5,8,10,13-14H,3-4,6-7,9,11H2,(H2,21,22,23)/t13-,14?/m0/s1. The second-order valence-corrected chi connectivity index (χ2v) is 7.63. The summed E-state index contributed by atoms with van der Waals surface area (Å²) in [4.78, 5) is 11.3. The molecule has 0 bridgehead atoms. The van der Waals surface area contributed by atoms with Gasteiger partial charge < -0.3 is 24.5 Å². The molecule has 0 spiro atoms. The van der Waals surface area contributed by atoms with Crippen molar-refractivity contribution in [2.24, 2.45) is 0 Å². The van der Waals surface area contributed by atoms with E-state index in [0.717, 1.165) is 66.3 Å². The first-order chi connectivity index (χ1) is 13.8. The number of benzene rings is 1. The number of hydrogen-bond donors (Lipinski definition) is 1. The van der Waals surface area contributed by atoms with Crippen LogP contribution in [-0.4, -0.2) is 58.6 Å². The van der Waals surface area contributed by atoms with Crippen LogP contribution in [0.25, 0.3) is 22.2 Å². The van der Waals surface area contributed by atoms with Crippen LogP contribution in [0.5, 0.6) is 11.5 Å². The third-order valence-corrected chi connectivity index (χ3v) is 5.83. The number of hydrogen-bond acceptors (Lipinski definition) is 7. The lowest BCUT2D eigenvalue weighted by atomic mass is 10.1. The van der Waals surface area contributed by atoms with Crippen molar-refractivity contribution in [2.45, 2.75) is 18.6 Å². The van der Waals surface area contributed by atoms with Crippen LogP contribution < -0.4 is 15.2 Å². The maximum absolute atomic E-state index is 6.27. The molecule has 1 unspecified atom stereocenters. The van der Waals surface area contributed by atoms with Crippen LogP contribution in [0.2, 0.25) is 0 Å². The van der Waals surface area contributed by atoms with Crippen LogP contribution >= 0.6 is 0 Å². The number of likely N-dealkylation sites (tertiary alicyclic amines) is 1. The average molecular weight is 379 g/mol. The number of ether oxygens (including phenoxy) is 3. The SMILES string of the molecule is Nc1ncnc2c1c(-c1ccc3c(c1)OCO3)cn2[C@H]1CCN(CC2CO2)C1. The molecule has 2 saturated heterocycles. The fourth-order valence-corrected chi connectivity index (χ4v) is 4.34. The van der Waals surface area contributed by atoms with Crippen molar-refractivity contribution >= 4 is 16.9 Å². The molecule has 144 valence electrons. The molecule has 28 heavy (non-hydrogen) atoms. The molecule has 2 fully saturated rings. The number of nitrogens with two attached hydrogens (primary N) is 1. The lowest BCUT2D eigenvalue weighted by Gasteiger charge is -2.16. The molecular formula is C20H21N5O3. The van der Waals surface area contributed by atoms with Gasteiger partial charge in [0.15, 0.2) is 11.5 Å². The Hall–Kier alpha value is -2.84. The monoisotopic (exact) mass is 379 g/mol. The molecule has 0 aliphatic carbocycles. The van der Waals surface area contributed by atoms with Gasteiger partial charge in [0.2, 0.25) is 6.79 Å². The van der Waals surface area contributed by atoms with E-state index in [2.05, 4.69) is 25.6 Å². The summed E-state index contributed by atoms with van der Waals surface area (Å²) in [5.41, 5.74) is 9.20.